The second-order valence-electron chi connectivity index (χ2n) is 4.20. The van der Waals surface area contributed by atoms with Crippen molar-refractivity contribution in [2.45, 2.75) is 20.3 Å². The van der Waals surface area contributed by atoms with Crippen molar-refractivity contribution in [3.05, 3.63) is 11.6 Å². The first-order valence-corrected chi connectivity index (χ1v) is 4.76. The predicted molar refractivity (Wildman–Crippen MR) is 48.2 cm³/mol. The lowest BCUT2D eigenvalue weighted by Gasteiger charge is -2.25. The number of hydrogen-bond donors (Lipinski definition) is 1. The van der Waals surface area contributed by atoms with Gasteiger partial charge in [0.05, 0.1) is 11.8 Å². The molecule has 1 saturated heterocycles. The van der Waals surface area contributed by atoms with Gasteiger partial charge in [-0.1, -0.05) is 18.6 Å². The van der Waals surface area contributed by atoms with Crippen molar-refractivity contribution >= 4 is 11.8 Å². The highest BCUT2D eigenvalue weighted by atomic mass is 16.5. The van der Waals surface area contributed by atoms with Crippen LogP contribution in [0.4, 0.5) is 0 Å². The summed E-state index contributed by atoms with van der Waals surface area (Å²) in [7, 11) is 0. The van der Waals surface area contributed by atoms with Gasteiger partial charge in [0.2, 0.25) is 0 Å². The highest BCUT2D eigenvalue weighted by molar-refractivity contribution is 6.04. The first-order valence-electron chi connectivity index (χ1n) is 4.76. The van der Waals surface area contributed by atoms with E-state index >= 15 is 0 Å². The summed E-state index contributed by atoms with van der Waals surface area (Å²) in [5, 5.41) is 9.50. The molecule has 4 nitrogen and oxygen atoms in total. The van der Waals surface area contributed by atoms with E-state index in [-0.39, 0.29) is 22.8 Å². The molecule has 1 fully saturated rings. The highest BCUT2D eigenvalue weighted by Gasteiger charge is 2.50. The third-order valence-electron chi connectivity index (χ3n) is 3.11. The lowest BCUT2D eigenvalue weighted by atomic mass is 9.76. The van der Waals surface area contributed by atoms with Gasteiger partial charge in [-0.05, 0) is 19.3 Å². The molecule has 0 aromatic rings. The van der Waals surface area contributed by atoms with Crippen LogP contribution < -0.4 is 0 Å². The number of rotatable bonds is 0. The molecular formula is C10H13NO3. The average molecular weight is 195 g/mol. The molecule has 0 aromatic carbocycles. The minimum Gasteiger partial charge on any atom is -0.278 e. The maximum absolute atomic E-state index is 11.5. The number of fused-ring (bicyclic) bond motifs is 1. The van der Waals surface area contributed by atoms with E-state index in [0.717, 1.165) is 5.57 Å². The Labute approximate surface area is 82.2 Å². The zero-order valence-corrected chi connectivity index (χ0v) is 8.23. The molecule has 0 spiro atoms. The summed E-state index contributed by atoms with van der Waals surface area (Å²) in [6, 6.07) is 0. The monoisotopic (exact) mass is 195 g/mol. The van der Waals surface area contributed by atoms with Crippen molar-refractivity contribution in [3.8, 4) is 0 Å². The fourth-order valence-electron chi connectivity index (χ4n) is 2.51. The van der Waals surface area contributed by atoms with Crippen molar-refractivity contribution in [2.24, 2.45) is 17.8 Å². The quantitative estimate of drug-likeness (QED) is 0.356. The maximum Gasteiger partial charge on any atom is 0.257 e. The fourth-order valence-corrected chi connectivity index (χ4v) is 2.51. The van der Waals surface area contributed by atoms with Crippen LogP contribution in [0.3, 0.4) is 0 Å². The summed E-state index contributed by atoms with van der Waals surface area (Å²) in [4.78, 5) is 23.0. The molecule has 0 radical (unpaired) electrons. The van der Waals surface area contributed by atoms with Crippen LogP contribution in [0.25, 0.3) is 0 Å². The molecule has 2 amide bonds. The van der Waals surface area contributed by atoms with E-state index in [0.29, 0.717) is 6.42 Å². The number of allylic oxidation sites excluding steroid dienone is 2. The van der Waals surface area contributed by atoms with Crippen molar-refractivity contribution in [2.75, 3.05) is 0 Å². The van der Waals surface area contributed by atoms with Crippen LogP contribution >= 0.6 is 0 Å². The molecular weight excluding hydrogens is 182 g/mol. The Balaban J connectivity index is 2.37. The number of imide groups is 1. The van der Waals surface area contributed by atoms with Crippen LogP contribution in [0.2, 0.25) is 0 Å². The van der Waals surface area contributed by atoms with Crippen LogP contribution in [-0.2, 0) is 9.59 Å². The van der Waals surface area contributed by atoms with Gasteiger partial charge in [0.1, 0.15) is 0 Å². The third kappa shape index (κ3) is 1.10. The molecule has 1 aliphatic carbocycles. The Morgan fingerprint density at radius 3 is 2.71 bits per heavy atom. The normalized spacial score (nSPS) is 37.2. The number of hydroxylamine groups is 2. The van der Waals surface area contributed by atoms with Crippen LogP contribution in [0.5, 0.6) is 0 Å². The zero-order chi connectivity index (χ0) is 10.5. The summed E-state index contributed by atoms with van der Waals surface area (Å²) in [6.07, 6.45) is 2.60. The third-order valence-corrected chi connectivity index (χ3v) is 3.11. The van der Waals surface area contributed by atoms with E-state index in [1.54, 1.807) is 0 Å². The van der Waals surface area contributed by atoms with Gasteiger partial charge in [-0.2, -0.15) is 5.06 Å². The molecule has 2 aliphatic rings. The van der Waals surface area contributed by atoms with E-state index in [9.17, 15) is 14.8 Å². The number of carbonyl (C=O) groups excluding carboxylic acids is 2. The molecule has 1 N–H and O–H groups in total. The largest absolute Gasteiger partial charge is 0.278 e. The van der Waals surface area contributed by atoms with Gasteiger partial charge >= 0.3 is 0 Å². The SMILES string of the molecule is CC1=C[C@H](C)[C@@H]2C(=O)N(O)C(=O)[C@@H]2C1. The average Bonchev–Trinajstić information content (AvgIpc) is 2.31. The van der Waals surface area contributed by atoms with Gasteiger partial charge in [0, 0.05) is 0 Å². The standard InChI is InChI=1S/C10H13NO3/c1-5-3-6(2)8-7(4-5)9(12)11(14)10(8)13/h3,6-8,14H,4H2,1-2H3/t6-,7+,8-/m0/s1. The van der Waals surface area contributed by atoms with Gasteiger partial charge in [0.25, 0.3) is 11.8 Å². The van der Waals surface area contributed by atoms with Crippen LogP contribution in [0, 0.1) is 17.8 Å². The van der Waals surface area contributed by atoms with Crippen LogP contribution in [-0.4, -0.2) is 22.1 Å². The molecule has 14 heavy (non-hydrogen) atoms. The zero-order valence-electron chi connectivity index (χ0n) is 8.23. The van der Waals surface area contributed by atoms with Gasteiger partial charge in [0.15, 0.2) is 0 Å². The van der Waals surface area contributed by atoms with Crippen LogP contribution in [0.15, 0.2) is 11.6 Å². The Morgan fingerprint density at radius 1 is 1.43 bits per heavy atom. The molecule has 0 unspecified atom stereocenters. The molecule has 4 heteroatoms. The molecule has 0 bridgehead atoms. The first-order chi connectivity index (χ1) is 6.52. The van der Waals surface area contributed by atoms with E-state index in [2.05, 4.69) is 0 Å². The van der Waals surface area contributed by atoms with E-state index in [1.165, 1.54) is 0 Å². The van der Waals surface area contributed by atoms with Gasteiger partial charge in [-0.15, -0.1) is 0 Å². The molecule has 0 aromatic heterocycles. The van der Waals surface area contributed by atoms with Crippen molar-refractivity contribution in [1.82, 2.24) is 5.06 Å². The minimum absolute atomic E-state index is 0.0438. The summed E-state index contributed by atoms with van der Waals surface area (Å²) >= 11 is 0. The van der Waals surface area contributed by atoms with E-state index < -0.39 is 11.8 Å². The van der Waals surface area contributed by atoms with E-state index in [1.807, 2.05) is 19.9 Å². The van der Waals surface area contributed by atoms with E-state index in [4.69, 9.17) is 0 Å². The summed E-state index contributed by atoms with van der Waals surface area (Å²) < 4.78 is 0. The Bertz CT molecular complexity index is 334. The van der Waals surface area contributed by atoms with Crippen molar-refractivity contribution < 1.29 is 14.8 Å². The van der Waals surface area contributed by atoms with Crippen molar-refractivity contribution in [3.63, 3.8) is 0 Å². The molecule has 3 atom stereocenters. The summed E-state index contributed by atoms with van der Waals surface area (Å²) in [5.41, 5.74) is 1.12. The molecule has 1 heterocycles. The fraction of sp³-hybridized carbons (Fsp3) is 0.600. The Hall–Kier alpha value is -1.16. The minimum atomic E-state index is -0.448. The first kappa shape index (κ1) is 9.40. The number of amides is 2. The highest BCUT2D eigenvalue weighted by Crippen LogP contribution is 2.39. The Morgan fingerprint density at radius 2 is 2.07 bits per heavy atom. The summed E-state index contributed by atoms with van der Waals surface area (Å²) in [6.45, 7) is 3.86. The molecule has 2 rings (SSSR count). The predicted octanol–water partition coefficient (Wildman–Crippen LogP) is 0.963. The smallest absolute Gasteiger partial charge is 0.257 e. The number of carbonyl (C=O) groups is 2. The lowest BCUT2D eigenvalue weighted by Crippen LogP contribution is -2.28. The number of hydrogen-bond acceptors (Lipinski definition) is 3. The van der Waals surface area contributed by atoms with Crippen molar-refractivity contribution in [1.29, 1.82) is 0 Å². The molecule has 1 aliphatic heterocycles. The molecule has 0 saturated carbocycles. The maximum atomic E-state index is 11.5. The lowest BCUT2D eigenvalue weighted by molar-refractivity contribution is -0.173. The number of nitrogens with zero attached hydrogens (tertiary/aromatic N) is 1. The van der Waals surface area contributed by atoms with Crippen LogP contribution in [0.1, 0.15) is 20.3 Å². The van der Waals surface area contributed by atoms with Gasteiger partial charge < -0.3 is 0 Å². The summed E-state index contributed by atoms with van der Waals surface area (Å²) in [5.74, 6) is -1.54. The topological polar surface area (TPSA) is 57.6 Å². The molecule has 76 valence electrons. The van der Waals surface area contributed by atoms with Gasteiger partial charge in [-0.3, -0.25) is 14.8 Å². The Kier molecular flexibility index (Phi) is 1.96. The second-order valence-corrected chi connectivity index (χ2v) is 4.20. The van der Waals surface area contributed by atoms with Gasteiger partial charge in [-0.25, -0.2) is 0 Å². The second kappa shape index (κ2) is 2.92.